The van der Waals surface area contributed by atoms with Crippen molar-refractivity contribution in [2.75, 3.05) is 0 Å². The predicted octanol–water partition coefficient (Wildman–Crippen LogP) is 5.47. The predicted molar refractivity (Wildman–Crippen MR) is 133 cm³/mol. The minimum absolute atomic E-state index is 0.110. The van der Waals surface area contributed by atoms with E-state index in [4.69, 9.17) is 16.7 Å². The quantitative estimate of drug-likeness (QED) is 0.325. The summed E-state index contributed by atoms with van der Waals surface area (Å²) < 4.78 is 0. The van der Waals surface area contributed by atoms with Gasteiger partial charge in [0.1, 0.15) is 0 Å². The number of benzene rings is 2. The van der Waals surface area contributed by atoms with Gasteiger partial charge in [-0.3, -0.25) is 14.4 Å². The van der Waals surface area contributed by atoms with Crippen LogP contribution in [0.1, 0.15) is 36.8 Å². The van der Waals surface area contributed by atoms with Gasteiger partial charge in [0.25, 0.3) is 0 Å². The Morgan fingerprint density at radius 3 is 2.35 bits per heavy atom. The van der Waals surface area contributed by atoms with Crippen LogP contribution in [0.15, 0.2) is 65.4 Å². The van der Waals surface area contributed by atoms with Crippen LogP contribution in [0.2, 0.25) is 5.02 Å². The van der Waals surface area contributed by atoms with E-state index in [1.54, 1.807) is 23.5 Å². The van der Waals surface area contributed by atoms with Crippen molar-refractivity contribution >= 4 is 40.8 Å². The average Bonchev–Trinajstić information content (AvgIpc) is 3.32. The molecule has 1 aromatic heterocycles. The third-order valence-electron chi connectivity index (χ3n) is 5.73. The molecule has 3 unspecified atom stereocenters. The summed E-state index contributed by atoms with van der Waals surface area (Å²) in [5, 5.41) is 25.8. The van der Waals surface area contributed by atoms with Gasteiger partial charge in [-0.25, -0.2) is 0 Å². The van der Waals surface area contributed by atoms with Crippen molar-refractivity contribution in [3.8, 4) is 11.1 Å². The Labute approximate surface area is 207 Å². The lowest BCUT2D eigenvalue weighted by molar-refractivity contribution is -0.149. The summed E-state index contributed by atoms with van der Waals surface area (Å²) in [6.07, 6.45) is -0.362. The molecule has 1 amide bonds. The number of aliphatic carboxylic acids is 2. The number of rotatable bonds is 11. The van der Waals surface area contributed by atoms with E-state index in [1.165, 1.54) is 0 Å². The summed E-state index contributed by atoms with van der Waals surface area (Å²) in [6, 6.07) is 17.4. The van der Waals surface area contributed by atoms with Crippen LogP contribution in [0.4, 0.5) is 0 Å². The molecule has 3 N–H and O–H groups in total. The smallest absolute Gasteiger partial charge is 0.307 e. The lowest BCUT2D eigenvalue weighted by atomic mass is 9.85. The van der Waals surface area contributed by atoms with E-state index in [-0.39, 0.29) is 12.0 Å². The Hall–Kier alpha value is -3.16. The fraction of sp³-hybridized carbons (Fsp3) is 0.269. The number of carbonyl (C=O) groups excluding carboxylic acids is 1. The lowest BCUT2D eigenvalue weighted by Gasteiger charge is -2.26. The maximum atomic E-state index is 12.6. The first-order chi connectivity index (χ1) is 16.2. The van der Waals surface area contributed by atoms with Crippen LogP contribution in [0.3, 0.4) is 0 Å². The van der Waals surface area contributed by atoms with Crippen molar-refractivity contribution in [2.24, 2.45) is 5.92 Å². The van der Waals surface area contributed by atoms with E-state index in [1.807, 2.05) is 36.6 Å². The van der Waals surface area contributed by atoms with E-state index in [0.29, 0.717) is 11.4 Å². The molecule has 0 bridgehead atoms. The monoisotopic (exact) mass is 499 g/mol. The van der Waals surface area contributed by atoms with Crippen molar-refractivity contribution < 1.29 is 24.6 Å². The molecule has 0 aliphatic rings. The van der Waals surface area contributed by atoms with Crippen LogP contribution in [0.25, 0.3) is 11.1 Å². The summed E-state index contributed by atoms with van der Waals surface area (Å²) >= 11 is 7.71. The minimum atomic E-state index is -1.30. The van der Waals surface area contributed by atoms with Crippen LogP contribution in [-0.4, -0.2) is 34.1 Å². The van der Waals surface area contributed by atoms with Crippen molar-refractivity contribution in [3.05, 3.63) is 81.5 Å². The summed E-state index contributed by atoms with van der Waals surface area (Å²) in [6.45, 7) is 1.87. The number of carbonyl (C=O) groups is 3. The molecule has 178 valence electrons. The highest BCUT2D eigenvalue weighted by Gasteiger charge is 2.27. The number of carboxylic acids is 2. The van der Waals surface area contributed by atoms with Gasteiger partial charge < -0.3 is 15.5 Å². The molecule has 8 heteroatoms. The van der Waals surface area contributed by atoms with Gasteiger partial charge in [-0.05, 0) is 64.6 Å². The molecular weight excluding hydrogens is 474 g/mol. The van der Waals surface area contributed by atoms with Crippen molar-refractivity contribution in [2.45, 2.75) is 38.1 Å². The standard InChI is InChI=1S/C26H26ClNO5S/c1-16(28-24(29)13-21(26(32)33)14-25(30)31)23(18-5-7-22(27)8-6-18)12-17-3-2-4-19(11-17)20-9-10-34-15-20/h2-11,15-16,21,23H,12-14H2,1H3,(H,28,29)(H,30,31)(H,32,33). The highest BCUT2D eigenvalue weighted by Crippen LogP contribution is 2.29. The molecule has 0 fully saturated rings. The van der Waals surface area contributed by atoms with Crippen molar-refractivity contribution in [1.29, 1.82) is 0 Å². The third-order valence-corrected chi connectivity index (χ3v) is 6.66. The Balaban J connectivity index is 1.80. The van der Waals surface area contributed by atoms with Crippen LogP contribution in [0.5, 0.6) is 0 Å². The zero-order chi connectivity index (χ0) is 24.7. The molecule has 3 aromatic rings. The number of amides is 1. The Kier molecular flexibility index (Phi) is 8.85. The molecule has 1 heterocycles. The first-order valence-electron chi connectivity index (χ1n) is 10.8. The number of nitrogens with one attached hydrogen (secondary N) is 1. The van der Waals surface area contributed by atoms with Gasteiger partial charge in [0, 0.05) is 23.4 Å². The van der Waals surface area contributed by atoms with E-state index in [2.05, 4.69) is 28.9 Å². The molecule has 2 aromatic carbocycles. The normalized spacial score (nSPS) is 13.6. The molecular formula is C26H26ClNO5S. The fourth-order valence-electron chi connectivity index (χ4n) is 3.95. The molecule has 3 rings (SSSR count). The summed E-state index contributed by atoms with van der Waals surface area (Å²) in [5.74, 6) is -4.43. The zero-order valence-corrected chi connectivity index (χ0v) is 20.2. The van der Waals surface area contributed by atoms with E-state index in [0.717, 1.165) is 22.3 Å². The highest BCUT2D eigenvalue weighted by molar-refractivity contribution is 7.08. The molecule has 6 nitrogen and oxygen atoms in total. The molecule has 0 aliphatic carbocycles. The SMILES string of the molecule is CC(NC(=O)CC(CC(=O)O)C(=O)O)C(Cc1cccc(-c2ccsc2)c1)c1ccc(Cl)cc1. The molecule has 3 atom stereocenters. The van der Waals surface area contributed by atoms with Crippen LogP contribution in [-0.2, 0) is 20.8 Å². The topological polar surface area (TPSA) is 104 Å². The summed E-state index contributed by atoms with van der Waals surface area (Å²) in [4.78, 5) is 34.9. The second-order valence-corrected chi connectivity index (χ2v) is 9.48. The second kappa shape index (κ2) is 11.8. The van der Waals surface area contributed by atoms with Crippen LogP contribution < -0.4 is 5.32 Å². The molecule has 34 heavy (non-hydrogen) atoms. The number of carboxylic acid groups (broad SMARTS) is 2. The van der Waals surface area contributed by atoms with Gasteiger partial charge >= 0.3 is 11.9 Å². The van der Waals surface area contributed by atoms with Gasteiger partial charge in [-0.15, -0.1) is 0 Å². The first-order valence-corrected chi connectivity index (χ1v) is 12.2. The van der Waals surface area contributed by atoms with Gasteiger partial charge in [-0.2, -0.15) is 11.3 Å². The number of hydrogen-bond donors (Lipinski definition) is 3. The van der Waals surface area contributed by atoms with Gasteiger partial charge in [-0.1, -0.05) is 48.0 Å². The van der Waals surface area contributed by atoms with Crippen molar-refractivity contribution in [3.63, 3.8) is 0 Å². The molecule has 0 radical (unpaired) electrons. The molecule has 0 saturated carbocycles. The summed E-state index contributed by atoms with van der Waals surface area (Å²) in [7, 11) is 0. The lowest BCUT2D eigenvalue weighted by Crippen LogP contribution is -2.39. The van der Waals surface area contributed by atoms with E-state index in [9.17, 15) is 19.5 Å². The number of thiophene rings is 1. The fourth-order valence-corrected chi connectivity index (χ4v) is 4.74. The highest BCUT2D eigenvalue weighted by atomic mass is 35.5. The van der Waals surface area contributed by atoms with Gasteiger partial charge in [0.15, 0.2) is 0 Å². The second-order valence-electron chi connectivity index (χ2n) is 8.27. The zero-order valence-electron chi connectivity index (χ0n) is 18.6. The molecule has 0 aliphatic heterocycles. The van der Waals surface area contributed by atoms with E-state index < -0.39 is 36.6 Å². The summed E-state index contributed by atoms with van der Waals surface area (Å²) in [5.41, 5.74) is 4.34. The Morgan fingerprint density at radius 1 is 1.00 bits per heavy atom. The Bertz CT molecular complexity index is 1130. The Morgan fingerprint density at radius 2 is 1.74 bits per heavy atom. The number of hydrogen-bond acceptors (Lipinski definition) is 4. The van der Waals surface area contributed by atoms with Gasteiger partial charge in [0.2, 0.25) is 5.91 Å². The van der Waals surface area contributed by atoms with E-state index >= 15 is 0 Å². The average molecular weight is 500 g/mol. The first kappa shape index (κ1) is 25.5. The molecule has 0 saturated heterocycles. The van der Waals surface area contributed by atoms with Crippen LogP contribution in [0, 0.1) is 5.92 Å². The third kappa shape index (κ3) is 7.17. The maximum absolute atomic E-state index is 12.6. The molecule has 0 spiro atoms. The number of halogens is 1. The minimum Gasteiger partial charge on any atom is -0.481 e. The largest absolute Gasteiger partial charge is 0.481 e. The van der Waals surface area contributed by atoms with Crippen molar-refractivity contribution in [1.82, 2.24) is 5.32 Å². The van der Waals surface area contributed by atoms with Crippen LogP contribution >= 0.6 is 22.9 Å². The van der Waals surface area contributed by atoms with Gasteiger partial charge in [0.05, 0.1) is 12.3 Å². The maximum Gasteiger partial charge on any atom is 0.307 e.